The van der Waals surface area contributed by atoms with Gasteiger partial charge in [-0.3, -0.25) is 4.79 Å². The molecular formula is C11H16N2O. The highest BCUT2D eigenvalue weighted by molar-refractivity contribution is 5.80. The third kappa shape index (κ3) is 1.59. The van der Waals surface area contributed by atoms with E-state index in [0.717, 1.165) is 18.7 Å². The molecule has 1 aliphatic rings. The average Bonchev–Trinajstić information content (AvgIpc) is 2.56. The molecule has 2 unspecified atom stereocenters. The fourth-order valence-electron chi connectivity index (χ4n) is 2.22. The fourth-order valence-corrected chi connectivity index (χ4v) is 2.22. The van der Waals surface area contributed by atoms with Crippen LogP contribution in [0.3, 0.4) is 0 Å². The monoisotopic (exact) mass is 192 g/mol. The van der Waals surface area contributed by atoms with Gasteiger partial charge in [0.25, 0.3) is 0 Å². The van der Waals surface area contributed by atoms with E-state index in [9.17, 15) is 4.79 Å². The van der Waals surface area contributed by atoms with Gasteiger partial charge in [-0.25, -0.2) is 4.98 Å². The van der Waals surface area contributed by atoms with E-state index in [4.69, 9.17) is 0 Å². The van der Waals surface area contributed by atoms with Crippen LogP contribution in [0.1, 0.15) is 37.9 Å². The van der Waals surface area contributed by atoms with Gasteiger partial charge in [0.15, 0.2) is 0 Å². The summed E-state index contributed by atoms with van der Waals surface area (Å²) in [5.41, 5.74) is 0. The summed E-state index contributed by atoms with van der Waals surface area (Å²) in [6, 6.07) is 0. The molecule has 0 radical (unpaired) electrons. The molecule has 1 aromatic rings. The molecule has 0 saturated heterocycles. The smallest absolute Gasteiger partial charge is 0.133 e. The first-order chi connectivity index (χ1) is 6.68. The van der Waals surface area contributed by atoms with Crippen molar-refractivity contribution in [3.8, 4) is 0 Å². The van der Waals surface area contributed by atoms with Crippen molar-refractivity contribution in [2.45, 2.75) is 32.1 Å². The predicted molar refractivity (Wildman–Crippen MR) is 54.0 cm³/mol. The number of ketones is 1. The van der Waals surface area contributed by atoms with Gasteiger partial charge in [-0.05, 0) is 12.3 Å². The maximum Gasteiger partial charge on any atom is 0.133 e. The first-order valence-electron chi connectivity index (χ1n) is 5.17. The number of rotatable bonds is 1. The van der Waals surface area contributed by atoms with Gasteiger partial charge < -0.3 is 4.57 Å². The lowest BCUT2D eigenvalue weighted by Gasteiger charge is -2.27. The second kappa shape index (κ2) is 3.56. The van der Waals surface area contributed by atoms with Crippen molar-refractivity contribution in [3.63, 3.8) is 0 Å². The van der Waals surface area contributed by atoms with Crippen molar-refractivity contribution in [1.29, 1.82) is 0 Å². The van der Waals surface area contributed by atoms with Crippen LogP contribution >= 0.6 is 0 Å². The summed E-state index contributed by atoms with van der Waals surface area (Å²) in [6.07, 6.45) is 6.19. The zero-order valence-electron chi connectivity index (χ0n) is 8.73. The largest absolute Gasteiger partial charge is 0.338 e. The molecule has 1 fully saturated rings. The summed E-state index contributed by atoms with van der Waals surface area (Å²) in [6.45, 7) is 2.21. The summed E-state index contributed by atoms with van der Waals surface area (Å²) >= 11 is 0. The summed E-state index contributed by atoms with van der Waals surface area (Å²) < 4.78 is 2.03. The number of hydrogen-bond acceptors (Lipinski definition) is 2. The van der Waals surface area contributed by atoms with Crippen molar-refractivity contribution >= 4 is 5.78 Å². The van der Waals surface area contributed by atoms with E-state index in [-0.39, 0.29) is 0 Å². The Balaban J connectivity index is 2.24. The molecule has 1 saturated carbocycles. The van der Waals surface area contributed by atoms with Crippen molar-refractivity contribution in [1.82, 2.24) is 9.55 Å². The van der Waals surface area contributed by atoms with Crippen LogP contribution in [0.15, 0.2) is 12.4 Å². The molecule has 1 aromatic heterocycles. The van der Waals surface area contributed by atoms with E-state index >= 15 is 0 Å². The van der Waals surface area contributed by atoms with Crippen molar-refractivity contribution in [2.24, 2.45) is 13.0 Å². The highest BCUT2D eigenvalue weighted by atomic mass is 16.1. The van der Waals surface area contributed by atoms with E-state index in [1.54, 1.807) is 6.20 Å². The Morgan fingerprint density at radius 2 is 2.36 bits per heavy atom. The van der Waals surface area contributed by atoms with E-state index in [1.165, 1.54) is 0 Å². The fraction of sp³-hybridized carbons (Fsp3) is 0.636. The van der Waals surface area contributed by atoms with Gasteiger partial charge in [-0.15, -0.1) is 0 Å². The second-order valence-corrected chi connectivity index (χ2v) is 4.26. The van der Waals surface area contributed by atoms with Crippen molar-refractivity contribution in [2.75, 3.05) is 0 Å². The number of imidazole rings is 1. The SMILES string of the molecule is CC1CCC(=O)CC1c1nccn1C. The zero-order valence-corrected chi connectivity index (χ0v) is 8.73. The number of nitrogens with zero attached hydrogens (tertiary/aromatic N) is 2. The number of aryl methyl sites for hydroxylation is 1. The number of carbonyl (C=O) groups excluding carboxylic acids is 1. The Morgan fingerprint density at radius 1 is 1.57 bits per heavy atom. The molecule has 14 heavy (non-hydrogen) atoms. The maximum atomic E-state index is 11.4. The van der Waals surface area contributed by atoms with Crippen LogP contribution in [-0.4, -0.2) is 15.3 Å². The molecule has 1 aliphatic carbocycles. The zero-order chi connectivity index (χ0) is 10.1. The van der Waals surface area contributed by atoms with E-state index < -0.39 is 0 Å². The highest BCUT2D eigenvalue weighted by Gasteiger charge is 2.29. The highest BCUT2D eigenvalue weighted by Crippen LogP contribution is 2.34. The molecule has 2 atom stereocenters. The minimum absolute atomic E-state index is 0.330. The summed E-state index contributed by atoms with van der Waals surface area (Å²) in [4.78, 5) is 15.7. The Labute approximate surface area is 84.1 Å². The van der Waals surface area contributed by atoms with Gasteiger partial charge in [-0.2, -0.15) is 0 Å². The summed E-state index contributed by atoms with van der Waals surface area (Å²) in [5, 5.41) is 0. The van der Waals surface area contributed by atoms with Gasteiger partial charge in [-0.1, -0.05) is 6.92 Å². The third-order valence-electron chi connectivity index (χ3n) is 3.20. The third-order valence-corrected chi connectivity index (χ3v) is 3.20. The van der Waals surface area contributed by atoms with Crippen molar-refractivity contribution < 1.29 is 4.79 Å². The Bertz CT molecular complexity index is 343. The lowest BCUT2D eigenvalue weighted by molar-refractivity contribution is -0.121. The molecular weight excluding hydrogens is 176 g/mol. The van der Waals surface area contributed by atoms with Gasteiger partial charge in [0, 0.05) is 38.2 Å². The molecule has 0 N–H and O–H groups in total. The van der Waals surface area contributed by atoms with E-state index in [0.29, 0.717) is 24.0 Å². The molecule has 3 nitrogen and oxygen atoms in total. The van der Waals surface area contributed by atoms with E-state index in [1.807, 2.05) is 17.8 Å². The number of Topliss-reactive ketones (excluding diaryl/α,β-unsaturated/α-hetero) is 1. The lowest BCUT2D eigenvalue weighted by Crippen LogP contribution is -2.23. The Hall–Kier alpha value is -1.12. The van der Waals surface area contributed by atoms with Crippen LogP contribution in [0.25, 0.3) is 0 Å². The van der Waals surface area contributed by atoms with Crippen LogP contribution in [0.4, 0.5) is 0 Å². The molecule has 0 spiro atoms. The van der Waals surface area contributed by atoms with Gasteiger partial charge in [0.1, 0.15) is 11.6 Å². The number of hydrogen-bond donors (Lipinski definition) is 0. The van der Waals surface area contributed by atoms with Crippen LogP contribution < -0.4 is 0 Å². The van der Waals surface area contributed by atoms with Gasteiger partial charge >= 0.3 is 0 Å². The summed E-state index contributed by atoms with van der Waals surface area (Å²) in [5.74, 6) is 2.35. The predicted octanol–water partition coefficient (Wildman–Crippen LogP) is 1.89. The maximum absolute atomic E-state index is 11.4. The first-order valence-corrected chi connectivity index (χ1v) is 5.17. The molecule has 76 valence electrons. The summed E-state index contributed by atoms with van der Waals surface area (Å²) in [7, 11) is 1.99. The molecule has 0 bridgehead atoms. The van der Waals surface area contributed by atoms with E-state index in [2.05, 4.69) is 11.9 Å². The average molecular weight is 192 g/mol. The second-order valence-electron chi connectivity index (χ2n) is 4.26. The number of carbonyl (C=O) groups is 1. The minimum atomic E-state index is 0.330. The Kier molecular flexibility index (Phi) is 2.40. The topological polar surface area (TPSA) is 34.9 Å². The van der Waals surface area contributed by atoms with Crippen LogP contribution in [0, 0.1) is 5.92 Å². The Morgan fingerprint density at radius 3 is 3.00 bits per heavy atom. The molecule has 2 rings (SSSR count). The molecule has 0 aromatic carbocycles. The van der Waals surface area contributed by atoms with Gasteiger partial charge in [0.05, 0.1) is 0 Å². The normalized spacial score (nSPS) is 28.0. The standard InChI is InChI=1S/C11H16N2O/c1-8-3-4-9(14)7-10(8)11-12-5-6-13(11)2/h5-6,8,10H,3-4,7H2,1-2H3. The molecule has 0 amide bonds. The van der Waals surface area contributed by atoms with Crippen LogP contribution in [0.5, 0.6) is 0 Å². The lowest BCUT2D eigenvalue weighted by atomic mass is 9.79. The number of aromatic nitrogens is 2. The first kappa shape index (κ1) is 9.44. The molecule has 3 heteroatoms. The van der Waals surface area contributed by atoms with Crippen molar-refractivity contribution in [3.05, 3.63) is 18.2 Å². The minimum Gasteiger partial charge on any atom is -0.338 e. The van der Waals surface area contributed by atoms with Crippen LogP contribution in [0.2, 0.25) is 0 Å². The van der Waals surface area contributed by atoms with Crippen LogP contribution in [-0.2, 0) is 11.8 Å². The molecule has 1 heterocycles. The molecule has 0 aliphatic heterocycles. The van der Waals surface area contributed by atoms with Gasteiger partial charge in [0.2, 0.25) is 0 Å². The quantitative estimate of drug-likeness (QED) is 0.681.